The maximum absolute atomic E-state index is 11.6. The van der Waals surface area contributed by atoms with E-state index in [2.05, 4.69) is 22.7 Å². The highest BCUT2D eigenvalue weighted by Crippen LogP contribution is 2.36. The van der Waals surface area contributed by atoms with Crippen molar-refractivity contribution in [2.75, 3.05) is 4.90 Å². The van der Waals surface area contributed by atoms with Crippen molar-refractivity contribution in [2.45, 2.75) is 45.2 Å². The van der Waals surface area contributed by atoms with Crippen molar-refractivity contribution in [3.05, 3.63) is 52.6 Å². The number of hydrogen-bond donors (Lipinski definition) is 3. The minimum absolute atomic E-state index is 0.0498. The molecular formula is C21H23N3O3. The van der Waals surface area contributed by atoms with Crippen LogP contribution in [0.5, 0.6) is 11.5 Å². The summed E-state index contributed by atoms with van der Waals surface area (Å²) in [6.45, 7) is 3.94. The van der Waals surface area contributed by atoms with Crippen molar-refractivity contribution >= 4 is 17.8 Å². The summed E-state index contributed by atoms with van der Waals surface area (Å²) in [6.07, 6.45) is 3.42. The van der Waals surface area contributed by atoms with E-state index in [0.29, 0.717) is 17.0 Å². The molecule has 0 spiro atoms. The van der Waals surface area contributed by atoms with Crippen molar-refractivity contribution in [3.8, 4) is 11.5 Å². The van der Waals surface area contributed by atoms with Crippen LogP contribution < -0.4 is 10.3 Å². The molecule has 6 heteroatoms. The highest BCUT2D eigenvalue weighted by Gasteiger charge is 2.32. The third kappa shape index (κ3) is 2.91. The predicted octanol–water partition coefficient (Wildman–Crippen LogP) is 3.01. The first-order valence-corrected chi connectivity index (χ1v) is 9.25. The molecule has 27 heavy (non-hydrogen) atoms. The molecule has 1 unspecified atom stereocenters. The monoisotopic (exact) mass is 365 g/mol. The summed E-state index contributed by atoms with van der Waals surface area (Å²) >= 11 is 0. The van der Waals surface area contributed by atoms with Crippen LogP contribution in [-0.4, -0.2) is 28.5 Å². The van der Waals surface area contributed by atoms with Crippen LogP contribution in [0.4, 0.5) is 5.69 Å². The lowest BCUT2D eigenvalue weighted by molar-refractivity contribution is -0.109. The third-order valence-corrected chi connectivity index (χ3v) is 5.31. The molecule has 0 fully saturated rings. The Bertz CT molecular complexity index is 937. The van der Waals surface area contributed by atoms with E-state index in [1.54, 1.807) is 11.0 Å². The molecule has 0 bridgehead atoms. The zero-order valence-electron chi connectivity index (χ0n) is 15.4. The molecule has 0 radical (unpaired) electrons. The Morgan fingerprint density at radius 3 is 2.67 bits per heavy atom. The number of aldehydes is 1. The first kappa shape index (κ1) is 17.4. The number of carbonyl (C=O) groups is 1. The van der Waals surface area contributed by atoms with E-state index in [1.165, 1.54) is 17.2 Å². The van der Waals surface area contributed by atoms with Gasteiger partial charge in [0.25, 0.3) is 0 Å². The maximum Gasteiger partial charge on any atom is 0.177 e. The van der Waals surface area contributed by atoms with Gasteiger partial charge < -0.3 is 10.2 Å². The van der Waals surface area contributed by atoms with Gasteiger partial charge in [-0.3, -0.25) is 15.1 Å². The fourth-order valence-corrected chi connectivity index (χ4v) is 3.88. The van der Waals surface area contributed by atoms with E-state index in [4.69, 9.17) is 0 Å². The number of phenolic OH excluding ortho intramolecular Hbond substituents is 2. The second-order valence-electron chi connectivity index (χ2n) is 7.40. The molecular weight excluding hydrogens is 342 g/mol. The van der Waals surface area contributed by atoms with Crippen LogP contribution >= 0.6 is 0 Å². The van der Waals surface area contributed by atoms with Gasteiger partial charge in [-0.15, -0.1) is 0 Å². The lowest BCUT2D eigenvalue weighted by Crippen LogP contribution is -2.42. The van der Waals surface area contributed by atoms with Gasteiger partial charge in [-0.2, -0.15) is 5.10 Å². The number of rotatable bonds is 4. The number of nitrogens with zero attached hydrogens (tertiary/aromatic N) is 2. The van der Waals surface area contributed by atoms with Gasteiger partial charge in [0.1, 0.15) is 11.5 Å². The molecule has 0 saturated carbocycles. The molecule has 1 atom stereocenters. The molecule has 6 nitrogen and oxygen atoms in total. The number of carbonyl (C=O) groups excluding carboxylic acids is 1. The van der Waals surface area contributed by atoms with Crippen LogP contribution in [0.15, 0.2) is 35.4 Å². The summed E-state index contributed by atoms with van der Waals surface area (Å²) in [5.74, 6) is 0.517. The van der Waals surface area contributed by atoms with E-state index >= 15 is 0 Å². The molecule has 1 heterocycles. The minimum Gasteiger partial charge on any atom is -0.508 e. The second-order valence-corrected chi connectivity index (χ2v) is 7.40. The molecule has 3 N–H and O–H groups in total. The molecule has 0 amide bonds. The fraction of sp³-hybridized carbons (Fsp3) is 0.333. The second kappa shape index (κ2) is 6.61. The Balaban J connectivity index is 1.80. The number of fused-ring (bicyclic) bond motifs is 1. The Morgan fingerprint density at radius 2 is 1.93 bits per heavy atom. The van der Waals surface area contributed by atoms with E-state index in [-0.39, 0.29) is 17.4 Å². The fourth-order valence-electron chi connectivity index (χ4n) is 3.88. The molecule has 1 aliphatic carbocycles. The van der Waals surface area contributed by atoms with Crippen molar-refractivity contribution in [3.63, 3.8) is 0 Å². The largest absolute Gasteiger partial charge is 0.508 e. The summed E-state index contributed by atoms with van der Waals surface area (Å²) in [7, 11) is 0. The van der Waals surface area contributed by atoms with Crippen LogP contribution in [0.25, 0.3) is 0 Å². The average molecular weight is 365 g/mol. The van der Waals surface area contributed by atoms with E-state index < -0.39 is 6.17 Å². The molecule has 1 aliphatic heterocycles. The molecule has 0 saturated heterocycles. The lowest BCUT2D eigenvalue weighted by Gasteiger charge is -2.25. The number of phenols is 2. The molecule has 2 aromatic rings. The van der Waals surface area contributed by atoms with Gasteiger partial charge in [-0.1, -0.05) is 19.9 Å². The minimum atomic E-state index is -0.643. The average Bonchev–Trinajstić information content (AvgIpc) is 3.27. The predicted molar refractivity (Wildman–Crippen MR) is 104 cm³/mol. The summed E-state index contributed by atoms with van der Waals surface area (Å²) in [5.41, 5.74) is 7.53. The normalized spacial score (nSPS) is 18.4. The summed E-state index contributed by atoms with van der Waals surface area (Å²) in [6, 6.07) is 9.27. The van der Waals surface area contributed by atoms with Crippen LogP contribution in [0.2, 0.25) is 0 Å². The quantitative estimate of drug-likeness (QED) is 0.725. The van der Waals surface area contributed by atoms with Gasteiger partial charge >= 0.3 is 0 Å². The number of amidine groups is 1. The molecule has 2 aromatic carbocycles. The van der Waals surface area contributed by atoms with Gasteiger partial charge in [0, 0.05) is 11.8 Å². The molecule has 4 rings (SSSR count). The maximum atomic E-state index is 11.6. The highest BCUT2D eigenvalue weighted by atomic mass is 16.3. The van der Waals surface area contributed by atoms with Gasteiger partial charge in [0.15, 0.2) is 18.3 Å². The number of nitrogens with one attached hydrogen (secondary N) is 1. The van der Waals surface area contributed by atoms with Crippen molar-refractivity contribution in [1.29, 1.82) is 0 Å². The SMILES string of the molecule is CC(C)c1cc(C2=NNC(C=O)N2c2ccc3c(c2)CCC3)c(O)cc1O. The van der Waals surface area contributed by atoms with Crippen LogP contribution in [-0.2, 0) is 17.6 Å². The van der Waals surface area contributed by atoms with E-state index in [0.717, 1.165) is 31.2 Å². The van der Waals surface area contributed by atoms with Gasteiger partial charge in [-0.25, -0.2) is 0 Å². The number of aromatic hydroxyl groups is 2. The Kier molecular flexibility index (Phi) is 4.26. The standard InChI is InChI=1S/C21H23N3O3/c1-12(2)16-9-17(19(27)10-18(16)26)21-23-22-20(11-25)24(21)15-7-6-13-4-3-5-14(13)8-15/h6-12,20,22,26-27H,3-5H2,1-2H3. The third-order valence-electron chi connectivity index (χ3n) is 5.31. The summed E-state index contributed by atoms with van der Waals surface area (Å²) in [5, 5.41) is 24.9. The number of hydrazone groups is 1. The number of anilines is 1. The van der Waals surface area contributed by atoms with Crippen molar-refractivity contribution in [1.82, 2.24) is 5.43 Å². The van der Waals surface area contributed by atoms with Crippen LogP contribution in [0, 0.1) is 0 Å². The molecule has 0 aromatic heterocycles. The lowest BCUT2D eigenvalue weighted by atomic mass is 9.98. The molecule has 140 valence electrons. The summed E-state index contributed by atoms with van der Waals surface area (Å²) < 4.78 is 0. The Hall–Kier alpha value is -3.02. The highest BCUT2D eigenvalue weighted by molar-refractivity contribution is 6.14. The number of benzene rings is 2. The van der Waals surface area contributed by atoms with Gasteiger partial charge in [-0.05, 0) is 60.1 Å². The zero-order valence-corrected chi connectivity index (χ0v) is 15.4. The van der Waals surface area contributed by atoms with Crippen molar-refractivity contribution < 1.29 is 15.0 Å². The van der Waals surface area contributed by atoms with E-state index in [1.807, 2.05) is 19.9 Å². The van der Waals surface area contributed by atoms with Crippen LogP contribution in [0.3, 0.4) is 0 Å². The van der Waals surface area contributed by atoms with E-state index in [9.17, 15) is 15.0 Å². The topological polar surface area (TPSA) is 85.2 Å². The number of aryl methyl sites for hydroxylation is 2. The number of hydrogen-bond acceptors (Lipinski definition) is 6. The van der Waals surface area contributed by atoms with Gasteiger partial charge in [0.05, 0.1) is 5.56 Å². The summed E-state index contributed by atoms with van der Waals surface area (Å²) in [4.78, 5) is 13.4. The van der Waals surface area contributed by atoms with Gasteiger partial charge in [0.2, 0.25) is 0 Å². The smallest absolute Gasteiger partial charge is 0.177 e. The van der Waals surface area contributed by atoms with Crippen LogP contribution in [0.1, 0.15) is 48.4 Å². The Morgan fingerprint density at radius 1 is 1.15 bits per heavy atom. The first-order chi connectivity index (χ1) is 13.0. The zero-order chi connectivity index (χ0) is 19.1. The molecule has 2 aliphatic rings. The first-order valence-electron chi connectivity index (χ1n) is 9.25. The Labute approximate surface area is 158 Å². The van der Waals surface area contributed by atoms with Crippen molar-refractivity contribution in [2.24, 2.45) is 5.10 Å².